The highest BCUT2D eigenvalue weighted by atomic mass is 16.5. The maximum atomic E-state index is 10.7. The van der Waals surface area contributed by atoms with Crippen molar-refractivity contribution < 1.29 is 19.3 Å². The lowest BCUT2D eigenvalue weighted by Gasteiger charge is -2.32. The largest absolute Gasteiger partial charge is 0.508 e. The second-order valence-electron chi connectivity index (χ2n) is 9.43. The van der Waals surface area contributed by atoms with Crippen LogP contribution in [0.1, 0.15) is 58.4 Å². The zero-order valence-corrected chi connectivity index (χ0v) is 19.4. The fourth-order valence-electron chi connectivity index (χ4n) is 3.84. The third kappa shape index (κ3) is 5.82. The van der Waals surface area contributed by atoms with Gasteiger partial charge in [-0.3, -0.25) is 0 Å². The summed E-state index contributed by atoms with van der Waals surface area (Å²) in [6.07, 6.45) is 6.47. The molecule has 3 rings (SSSR count). The molecule has 4 heteroatoms. The molecule has 1 unspecified atom stereocenters. The van der Waals surface area contributed by atoms with E-state index in [0.717, 1.165) is 40.9 Å². The van der Waals surface area contributed by atoms with Crippen molar-refractivity contribution >= 4 is 0 Å². The smallest absolute Gasteiger partial charge is 0.125 e. The van der Waals surface area contributed by atoms with E-state index in [-0.39, 0.29) is 11.7 Å². The minimum absolute atomic E-state index is 0.0596. The van der Waals surface area contributed by atoms with Crippen molar-refractivity contribution in [3.63, 3.8) is 0 Å². The molecule has 1 aromatic rings. The monoisotopic (exact) mass is 424 g/mol. The maximum Gasteiger partial charge on any atom is 0.125 e. The first kappa shape index (κ1) is 23.2. The summed E-state index contributed by atoms with van der Waals surface area (Å²) in [6, 6.07) is 5.59. The Labute approximate surface area is 186 Å². The van der Waals surface area contributed by atoms with Crippen molar-refractivity contribution in [2.24, 2.45) is 5.92 Å². The number of rotatable bonds is 5. The van der Waals surface area contributed by atoms with Gasteiger partial charge in [0.1, 0.15) is 17.3 Å². The number of phenolic OH excluding ortho intramolecular Hbond substituents is 1. The van der Waals surface area contributed by atoms with Gasteiger partial charge in [-0.25, -0.2) is 0 Å². The second kappa shape index (κ2) is 9.78. The van der Waals surface area contributed by atoms with E-state index in [4.69, 9.17) is 14.2 Å². The molecule has 1 N–H and O–H groups in total. The third-order valence-electron chi connectivity index (χ3n) is 6.05. The Morgan fingerprint density at radius 3 is 2.74 bits per heavy atom. The van der Waals surface area contributed by atoms with Gasteiger partial charge in [-0.1, -0.05) is 45.2 Å². The molecule has 0 saturated carbocycles. The van der Waals surface area contributed by atoms with E-state index in [9.17, 15) is 5.11 Å². The Bertz CT molecular complexity index is 888. The zero-order chi connectivity index (χ0) is 22.6. The van der Waals surface area contributed by atoms with Crippen molar-refractivity contribution in [3.8, 4) is 11.5 Å². The average molecular weight is 425 g/mol. The van der Waals surface area contributed by atoms with Crippen LogP contribution in [0, 0.1) is 5.92 Å². The van der Waals surface area contributed by atoms with Gasteiger partial charge in [0.15, 0.2) is 0 Å². The fourth-order valence-corrected chi connectivity index (χ4v) is 3.84. The first-order valence-electron chi connectivity index (χ1n) is 11.2. The molecule has 1 aromatic carbocycles. The first-order chi connectivity index (χ1) is 14.7. The lowest BCUT2D eigenvalue weighted by atomic mass is 9.86. The average Bonchev–Trinajstić information content (AvgIpc) is 2.70. The summed E-state index contributed by atoms with van der Waals surface area (Å²) >= 11 is 0. The van der Waals surface area contributed by atoms with Gasteiger partial charge in [0.2, 0.25) is 0 Å². The molecule has 2 heterocycles. The van der Waals surface area contributed by atoms with E-state index in [1.165, 1.54) is 0 Å². The van der Waals surface area contributed by atoms with Gasteiger partial charge in [0.05, 0.1) is 25.4 Å². The number of benzene rings is 1. The Balaban J connectivity index is 1.76. The van der Waals surface area contributed by atoms with Gasteiger partial charge in [0, 0.05) is 17.5 Å². The van der Waals surface area contributed by atoms with E-state index in [1.807, 2.05) is 32.1 Å². The van der Waals surface area contributed by atoms with Crippen LogP contribution < -0.4 is 4.74 Å². The van der Waals surface area contributed by atoms with Crippen LogP contribution in [0.25, 0.3) is 0 Å². The van der Waals surface area contributed by atoms with Crippen LogP contribution in [-0.4, -0.2) is 30.5 Å². The molecular formula is C27H36O4. The van der Waals surface area contributed by atoms with E-state index in [1.54, 1.807) is 6.07 Å². The molecule has 1 atom stereocenters. The van der Waals surface area contributed by atoms with Gasteiger partial charge in [0.25, 0.3) is 0 Å². The molecule has 2 aliphatic rings. The van der Waals surface area contributed by atoms with Crippen LogP contribution in [0.15, 0.2) is 66.0 Å². The van der Waals surface area contributed by atoms with Crippen LogP contribution in [0.5, 0.6) is 11.5 Å². The zero-order valence-electron chi connectivity index (χ0n) is 19.4. The van der Waals surface area contributed by atoms with Crippen molar-refractivity contribution in [2.75, 3.05) is 19.8 Å². The molecule has 168 valence electrons. The van der Waals surface area contributed by atoms with E-state index < -0.39 is 5.60 Å². The number of hydrogen-bond acceptors (Lipinski definition) is 4. The number of ether oxygens (including phenoxy) is 3. The molecule has 2 aliphatic heterocycles. The van der Waals surface area contributed by atoms with Crippen molar-refractivity contribution in [3.05, 3.63) is 71.6 Å². The van der Waals surface area contributed by atoms with Crippen molar-refractivity contribution in [1.82, 2.24) is 0 Å². The Kier molecular flexibility index (Phi) is 7.32. The van der Waals surface area contributed by atoms with Gasteiger partial charge in [-0.15, -0.1) is 0 Å². The molecule has 0 amide bonds. The summed E-state index contributed by atoms with van der Waals surface area (Å²) in [5, 5.41) is 10.7. The van der Waals surface area contributed by atoms with Gasteiger partial charge >= 0.3 is 0 Å². The highest BCUT2D eigenvalue weighted by Gasteiger charge is 2.29. The Morgan fingerprint density at radius 2 is 2.03 bits per heavy atom. The Hall–Kier alpha value is -2.46. The van der Waals surface area contributed by atoms with E-state index >= 15 is 0 Å². The standard InChI is InChI=1S/C27H36O4/c1-18(2)11-13-29-23-9-10-24(25(28)16-23)22-15-21-8-7-12-31-27(5,6)20(4)14-19(3)26(21)30-17-22/h7-10,16,18,22,28H,3-4,11-15,17H2,1-2,5-6H3/b8-7-. The molecule has 0 spiro atoms. The molecule has 0 bridgehead atoms. The molecule has 0 aromatic heterocycles. The summed E-state index contributed by atoms with van der Waals surface area (Å²) in [4.78, 5) is 0. The van der Waals surface area contributed by atoms with Crippen LogP contribution in [0.3, 0.4) is 0 Å². The molecule has 0 fully saturated rings. The topological polar surface area (TPSA) is 47.9 Å². The van der Waals surface area contributed by atoms with Crippen LogP contribution >= 0.6 is 0 Å². The maximum absolute atomic E-state index is 10.7. The van der Waals surface area contributed by atoms with E-state index in [0.29, 0.717) is 37.9 Å². The third-order valence-corrected chi connectivity index (χ3v) is 6.05. The quantitative estimate of drug-likeness (QED) is 0.552. The highest BCUT2D eigenvalue weighted by molar-refractivity contribution is 5.46. The lowest BCUT2D eigenvalue weighted by Crippen LogP contribution is -2.28. The SMILES string of the molecule is C=C1CC(=C)C(C)(C)OC/C=C\C2=C1OCC(c1ccc(OCCC(C)C)cc1O)C2. The van der Waals surface area contributed by atoms with Crippen LogP contribution in [0.4, 0.5) is 0 Å². The minimum Gasteiger partial charge on any atom is -0.508 e. The molecule has 0 radical (unpaired) electrons. The highest BCUT2D eigenvalue weighted by Crippen LogP contribution is 2.40. The normalized spacial score (nSPS) is 22.7. The van der Waals surface area contributed by atoms with Gasteiger partial charge in [-0.2, -0.15) is 0 Å². The number of hydrogen-bond donors (Lipinski definition) is 1. The summed E-state index contributed by atoms with van der Waals surface area (Å²) in [6.45, 7) is 18.5. The molecule has 0 aliphatic carbocycles. The van der Waals surface area contributed by atoms with Gasteiger partial charge < -0.3 is 19.3 Å². The molecule has 31 heavy (non-hydrogen) atoms. The first-order valence-corrected chi connectivity index (χ1v) is 11.2. The Morgan fingerprint density at radius 1 is 1.26 bits per heavy atom. The second-order valence-corrected chi connectivity index (χ2v) is 9.43. The predicted molar refractivity (Wildman–Crippen MR) is 125 cm³/mol. The molecular weight excluding hydrogens is 388 g/mol. The molecule has 0 saturated heterocycles. The van der Waals surface area contributed by atoms with Crippen LogP contribution in [0.2, 0.25) is 0 Å². The molecule has 4 nitrogen and oxygen atoms in total. The summed E-state index contributed by atoms with van der Waals surface area (Å²) in [5.74, 6) is 2.44. The van der Waals surface area contributed by atoms with Crippen molar-refractivity contribution in [1.29, 1.82) is 0 Å². The van der Waals surface area contributed by atoms with Crippen LogP contribution in [-0.2, 0) is 9.47 Å². The van der Waals surface area contributed by atoms with Crippen molar-refractivity contribution in [2.45, 2.75) is 58.5 Å². The fraction of sp³-hybridized carbons (Fsp3) is 0.481. The van der Waals surface area contributed by atoms with E-state index in [2.05, 4.69) is 33.1 Å². The minimum atomic E-state index is -0.409. The van der Waals surface area contributed by atoms with Gasteiger partial charge in [-0.05, 0) is 61.8 Å². The number of aromatic hydroxyl groups is 1. The number of phenols is 1. The predicted octanol–water partition coefficient (Wildman–Crippen LogP) is 6.44. The number of allylic oxidation sites excluding steroid dienone is 3. The summed E-state index contributed by atoms with van der Waals surface area (Å²) in [5.41, 5.74) is 3.44. The lowest BCUT2D eigenvalue weighted by molar-refractivity contribution is 0.0275. The summed E-state index contributed by atoms with van der Waals surface area (Å²) < 4.78 is 18.0. The summed E-state index contributed by atoms with van der Waals surface area (Å²) in [7, 11) is 0.